The summed E-state index contributed by atoms with van der Waals surface area (Å²) < 4.78 is 6.27. The number of fused-ring (bicyclic) bond motifs is 1. The molecular weight excluding hydrogens is 338 g/mol. The fourth-order valence-electron chi connectivity index (χ4n) is 6.77. The van der Waals surface area contributed by atoms with Gasteiger partial charge in [0.15, 0.2) is 0 Å². The van der Waals surface area contributed by atoms with Gasteiger partial charge in [0, 0.05) is 18.5 Å². The number of nitrogens with zero attached hydrogens (tertiary/aromatic N) is 1. The van der Waals surface area contributed by atoms with Gasteiger partial charge in [0.25, 0.3) is 0 Å². The van der Waals surface area contributed by atoms with Crippen LogP contribution in [0.2, 0.25) is 0 Å². The molecule has 1 aliphatic heterocycles. The Morgan fingerprint density at radius 1 is 1.15 bits per heavy atom. The Labute approximate surface area is 162 Å². The number of benzene rings is 1. The molecule has 6 unspecified atom stereocenters. The van der Waals surface area contributed by atoms with E-state index >= 15 is 0 Å². The maximum atomic E-state index is 10.8. The topological polar surface area (TPSA) is 52.9 Å². The van der Waals surface area contributed by atoms with Gasteiger partial charge >= 0.3 is 0 Å². The molecule has 1 aromatic rings. The van der Waals surface area contributed by atoms with Gasteiger partial charge in [0.1, 0.15) is 0 Å². The highest BCUT2D eigenvalue weighted by Gasteiger charge is 2.65. The summed E-state index contributed by atoms with van der Waals surface area (Å²) in [6, 6.07) is 10.3. The maximum Gasteiger partial charge on any atom is 0.216 e. The van der Waals surface area contributed by atoms with Crippen LogP contribution in [0.4, 0.5) is 0 Å². The second-order valence-electron chi connectivity index (χ2n) is 9.91. The first kappa shape index (κ1) is 18.1. The first-order chi connectivity index (χ1) is 13.1. The molecule has 0 amide bonds. The van der Waals surface area contributed by atoms with E-state index in [2.05, 4.69) is 24.0 Å². The van der Waals surface area contributed by atoms with Crippen molar-refractivity contribution in [2.75, 3.05) is 19.7 Å². The van der Waals surface area contributed by atoms with Crippen LogP contribution < -0.4 is 0 Å². The number of aliphatic hydroxyl groups excluding tert-OH is 2. The molecule has 5 rings (SSSR count). The van der Waals surface area contributed by atoms with Crippen molar-refractivity contribution in [3.63, 3.8) is 0 Å². The van der Waals surface area contributed by atoms with Gasteiger partial charge in [-0.2, -0.15) is 0 Å². The van der Waals surface area contributed by atoms with Gasteiger partial charge in [-0.15, -0.1) is 0 Å². The zero-order valence-corrected chi connectivity index (χ0v) is 16.4. The number of ether oxygens (including phenoxy) is 1. The van der Waals surface area contributed by atoms with E-state index in [1.54, 1.807) is 0 Å². The summed E-state index contributed by atoms with van der Waals surface area (Å²) in [6.45, 7) is 3.99. The summed E-state index contributed by atoms with van der Waals surface area (Å²) in [4.78, 5) is 2.06. The summed E-state index contributed by atoms with van der Waals surface area (Å²) in [5.74, 6) is 2.14. The number of piperidine rings is 1. The molecule has 4 aliphatic rings. The third-order valence-electron chi connectivity index (χ3n) is 8.40. The van der Waals surface area contributed by atoms with Crippen LogP contribution in [-0.4, -0.2) is 47.3 Å². The van der Waals surface area contributed by atoms with E-state index in [-0.39, 0.29) is 18.1 Å². The van der Waals surface area contributed by atoms with Crippen LogP contribution in [0.1, 0.15) is 51.0 Å². The van der Waals surface area contributed by atoms with Crippen LogP contribution in [0.25, 0.3) is 0 Å². The summed E-state index contributed by atoms with van der Waals surface area (Å²) in [6.07, 6.45) is 6.45. The summed E-state index contributed by atoms with van der Waals surface area (Å²) in [5, 5.41) is 20.9. The van der Waals surface area contributed by atoms with Crippen LogP contribution in [0.15, 0.2) is 30.3 Å². The van der Waals surface area contributed by atoms with Crippen LogP contribution in [-0.2, 0) is 10.2 Å². The molecule has 148 valence electrons. The Kier molecular flexibility index (Phi) is 4.39. The number of likely N-dealkylation sites (tertiary alicyclic amines) is 1. The number of hydrogen-bond acceptors (Lipinski definition) is 4. The molecule has 6 atom stereocenters. The van der Waals surface area contributed by atoms with E-state index in [1.165, 1.54) is 31.2 Å². The van der Waals surface area contributed by atoms with Crippen LogP contribution in [0.5, 0.6) is 0 Å². The molecule has 0 aromatic heterocycles. The van der Waals surface area contributed by atoms with Crippen molar-refractivity contribution in [3.8, 4) is 0 Å². The highest BCUT2D eigenvalue weighted by molar-refractivity contribution is 5.26. The second kappa shape index (κ2) is 6.55. The van der Waals surface area contributed by atoms with Gasteiger partial charge < -0.3 is 14.9 Å². The lowest BCUT2D eigenvalue weighted by molar-refractivity contribution is -0.247. The fraction of sp³-hybridized carbons (Fsp3) is 0.739. The molecule has 3 aliphatic carbocycles. The third-order valence-corrected chi connectivity index (χ3v) is 8.40. The lowest BCUT2D eigenvalue weighted by Crippen LogP contribution is -2.51. The van der Waals surface area contributed by atoms with Crippen molar-refractivity contribution in [2.24, 2.45) is 23.2 Å². The molecule has 1 spiro atoms. The van der Waals surface area contributed by atoms with E-state index in [0.717, 1.165) is 31.8 Å². The first-order valence-electron chi connectivity index (χ1n) is 10.8. The Morgan fingerprint density at radius 2 is 1.89 bits per heavy atom. The van der Waals surface area contributed by atoms with Crippen LogP contribution in [0.3, 0.4) is 0 Å². The Balaban J connectivity index is 1.21. The molecule has 27 heavy (non-hydrogen) atoms. The Hall–Kier alpha value is -0.940. The average Bonchev–Trinajstić information content (AvgIpc) is 3.25. The minimum Gasteiger partial charge on any atom is -0.395 e. The lowest BCUT2D eigenvalue weighted by Gasteiger charge is -2.44. The maximum absolute atomic E-state index is 10.8. The molecule has 4 nitrogen and oxygen atoms in total. The van der Waals surface area contributed by atoms with Crippen LogP contribution >= 0.6 is 0 Å². The van der Waals surface area contributed by atoms with Gasteiger partial charge in [0.05, 0.1) is 12.7 Å². The predicted molar refractivity (Wildman–Crippen MR) is 104 cm³/mol. The van der Waals surface area contributed by atoms with Crippen molar-refractivity contribution < 1.29 is 14.9 Å². The molecule has 4 fully saturated rings. The van der Waals surface area contributed by atoms with Crippen molar-refractivity contribution in [1.29, 1.82) is 0 Å². The molecule has 1 aromatic carbocycles. The van der Waals surface area contributed by atoms with Gasteiger partial charge in [0.2, 0.25) is 6.41 Å². The standard InChI is InChI=1S/C23H33NO3/c1-16-12-23-13-17(11-19(23)14-23)20(16)27-21(26)24-9-7-22(15-25,8-10-24)18-5-3-2-4-6-18/h2-6,16-17,19-21,25-26H,7-15H2,1H3. The predicted octanol–water partition coefficient (Wildman–Crippen LogP) is 3.13. The van der Waals surface area contributed by atoms with Crippen molar-refractivity contribution in [2.45, 2.75) is 63.4 Å². The molecule has 3 saturated carbocycles. The van der Waals surface area contributed by atoms with Crippen molar-refractivity contribution in [1.82, 2.24) is 4.90 Å². The summed E-state index contributed by atoms with van der Waals surface area (Å²) in [7, 11) is 0. The zero-order chi connectivity index (χ0) is 18.6. The Bertz CT molecular complexity index is 671. The van der Waals surface area contributed by atoms with Gasteiger partial charge in [-0.3, -0.25) is 4.90 Å². The molecule has 1 saturated heterocycles. The normalized spacial score (nSPS) is 41.1. The molecule has 1 heterocycles. The van der Waals surface area contributed by atoms with Gasteiger partial charge in [-0.25, -0.2) is 0 Å². The number of aliphatic hydroxyl groups is 2. The van der Waals surface area contributed by atoms with Gasteiger partial charge in [-0.1, -0.05) is 37.3 Å². The quantitative estimate of drug-likeness (QED) is 0.781. The van der Waals surface area contributed by atoms with Crippen LogP contribution in [0, 0.1) is 23.2 Å². The third kappa shape index (κ3) is 2.96. The number of hydrogen-bond donors (Lipinski definition) is 2. The average molecular weight is 372 g/mol. The second-order valence-corrected chi connectivity index (χ2v) is 9.91. The molecule has 4 heteroatoms. The minimum absolute atomic E-state index is 0.160. The van der Waals surface area contributed by atoms with E-state index in [9.17, 15) is 10.2 Å². The smallest absolute Gasteiger partial charge is 0.216 e. The molecule has 2 N–H and O–H groups in total. The van der Waals surface area contributed by atoms with E-state index in [1.807, 2.05) is 18.2 Å². The van der Waals surface area contributed by atoms with E-state index in [4.69, 9.17) is 4.74 Å². The SMILES string of the molecule is CC1CC23CC(CC2C3)C1OC(O)N1CCC(CO)(c2ccccc2)CC1. The van der Waals surface area contributed by atoms with Gasteiger partial charge in [-0.05, 0) is 67.3 Å². The summed E-state index contributed by atoms with van der Waals surface area (Å²) in [5.41, 5.74) is 1.68. The van der Waals surface area contributed by atoms with Crippen molar-refractivity contribution >= 4 is 0 Å². The first-order valence-corrected chi connectivity index (χ1v) is 10.8. The van der Waals surface area contributed by atoms with Crippen molar-refractivity contribution in [3.05, 3.63) is 35.9 Å². The number of rotatable bonds is 5. The Morgan fingerprint density at radius 3 is 2.59 bits per heavy atom. The molecular formula is C23H33NO3. The summed E-state index contributed by atoms with van der Waals surface area (Å²) >= 11 is 0. The highest BCUT2D eigenvalue weighted by atomic mass is 16.6. The molecule has 2 bridgehead atoms. The largest absolute Gasteiger partial charge is 0.395 e. The molecule has 0 radical (unpaired) electrons. The minimum atomic E-state index is -0.809. The van der Waals surface area contributed by atoms with E-state index < -0.39 is 6.41 Å². The fourth-order valence-corrected chi connectivity index (χ4v) is 6.77. The zero-order valence-electron chi connectivity index (χ0n) is 16.4. The lowest BCUT2D eigenvalue weighted by atomic mass is 9.73. The van der Waals surface area contributed by atoms with E-state index in [0.29, 0.717) is 17.3 Å². The highest BCUT2D eigenvalue weighted by Crippen LogP contribution is 2.72. The monoisotopic (exact) mass is 371 g/mol.